The second kappa shape index (κ2) is 9.83. The third-order valence-corrected chi connectivity index (χ3v) is 6.02. The Labute approximate surface area is 183 Å². The molecule has 0 spiro atoms. The number of likely N-dealkylation sites (tertiary alicyclic amines) is 1. The highest BCUT2D eigenvalue weighted by Gasteiger charge is 2.31. The maximum atomic E-state index is 12.7. The van der Waals surface area contributed by atoms with Gasteiger partial charge in [0.05, 0.1) is 7.11 Å². The summed E-state index contributed by atoms with van der Waals surface area (Å²) in [6.07, 6.45) is 1.87. The quantitative estimate of drug-likeness (QED) is 0.745. The van der Waals surface area contributed by atoms with Gasteiger partial charge in [0, 0.05) is 44.5 Å². The van der Waals surface area contributed by atoms with Crippen LogP contribution in [-0.4, -0.2) is 67.6 Å². The highest BCUT2D eigenvalue weighted by molar-refractivity contribution is 5.96. The van der Waals surface area contributed by atoms with E-state index in [-0.39, 0.29) is 24.5 Å². The fourth-order valence-corrected chi connectivity index (χ4v) is 4.25. The van der Waals surface area contributed by atoms with Crippen LogP contribution in [0.3, 0.4) is 0 Å². The molecule has 2 saturated heterocycles. The van der Waals surface area contributed by atoms with Gasteiger partial charge in [-0.2, -0.15) is 0 Å². The lowest BCUT2D eigenvalue weighted by molar-refractivity contribution is -0.122. The Morgan fingerprint density at radius 3 is 2.39 bits per heavy atom. The number of hydrogen-bond donors (Lipinski definition) is 1. The molecule has 7 heteroatoms. The maximum Gasteiger partial charge on any atom is 0.325 e. The molecule has 2 aliphatic heterocycles. The third kappa shape index (κ3) is 5.35. The van der Waals surface area contributed by atoms with Crippen LogP contribution < -0.4 is 15.0 Å². The first-order valence-corrected chi connectivity index (χ1v) is 10.9. The van der Waals surface area contributed by atoms with Gasteiger partial charge in [0.25, 0.3) is 0 Å². The number of hydrogen-bond acceptors (Lipinski definition) is 4. The molecule has 4 rings (SSSR count). The zero-order valence-electron chi connectivity index (χ0n) is 18.0. The van der Waals surface area contributed by atoms with Crippen molar-refractivity contribution in [3.63, 3.8) is 0 Å². The molecule has 0 atom stereocenters. The average molecular weight is 423 g/mol. The second-order valence-corrected chi connectivity index (χ2v) is 8.16. The van der Waals surface area contributed by atoms with Gasteiger partial charge in [0.2, 0.25) is 5.91 Å². The molecule has 31 heavy (non-hydrogen) atoms. The normalized spacial score (nSPS) is 17.8. The molecule has 1 N–H and O–H groups in total. The Morgan fingerprint density at radius 2 is 1.71 bits per heavy atom. The molecule has 0 unspecified atom stereocenters. The first-order chi connectivity index (χ1) is 15.1. The lowest BCUT2D eigenvalue weighted by atomic mass is 10.0. The number of nitrogens with one attached hydrogen (secondary N) is 1. The Morgan fingerprint density at radius 1 is 1.00 bits per heavy atom. The van der Waals surface area contributed by atoms with Crippen LogP contribution in [0, 0.1) is 0 Å². The van der Waals surface area contributed by atoms with Crippen LogP contribution >= 0.6 is 0 Å². The molecule has 0 radical (unpaired) electrons. The van der Waals surface area contributed by atoms with Crippen molar-refractivity contribution in [2.24, 2.45) is 0 Å². The topological polar surface area (TPSA) is 65.1 Å². The Balaban J connectivity index is 1.22. The summed E-state index contributed by atoms with van der Waals surface area (Å²) >= 11 is 0. The summed E-state index contributed by atoms with van der Waals surface area (Å²) in [5.74, 6) is 0.674. The number of carbonyl (C=O) groups excluding carboxylic acids is 2. The summed E-state index contributed by atoms with van der Waals surface area (Å²) in [7, 11) is 1.61. The van der Waals surface area contributed by atoms with Gasteiger partial charge in [-0.15, -0.1) is 0 Å². The van der Waals surface area contributed by atoms with E-state index >= 15 is 0 Å². The molecule has 2 aromatic carbocycles. The van der Waals surface area contributed by atoms with Crippen LogP contribution in [0.2, 0.25) is 0 Å². The molecule has 7 nitrogen and oxygen atoms in total. The molecule has 3 amide bonds. The number of urea groups is 1. The van der Waals surface area contributed by atoms with Crippen LogP contribution in [0.25, 0.3) is 0 Å². The van der Waals surface area contributed by atoms with Crippen molar-refractivity contribution >= 4 is 17.6 Å². The maximum absolute atomic E-state index is 12.7. The summed E-state index contributed by atoms with van der Waals surface area (Å²) in [4.78, 5) is 31.0. The number of amides is 3. The lowest BCUT2D eigenvalue weighted by Gasteiger charge is -2.32. The summed E-state index contributed by atoms with van der Waals surface area (Å²) < 4.78 is 5.17. The Kier molecular flexibility index (Phi) is 6.72. The van der Waals surface area contributed by atoms with Gasteiger partial charge >= 0.3 is 6.03 Å². The van der Waals surface area contributed by atoms with Gasteiger partial charge in [0.15, 0.2) is 0 Å². The number of rotatable bonds is 7. The molecule has 0 saturated carbocycles. The van der Waals surface area contributed by atoms with Crippen molar-refractivity contribution in [3.8, 4) is 5.75 Å². The van der Waals surface area contributed by atoms with E-state index in [1.54, 1.807) is 16.9 Å². The Hall–Kier alpha value is -3.06. The predicted molar refractivity (Wildman–Crippen MR) is 120 cm³/mol. The molecule has 0 bridgehead atoms. The summed E-state index contributed by atoms with van der Waals surface area (Å²) in [6.45, 7) is 4.12. The first kappa shape index (κ1) is 21.2. The fraction of sp³-hybridized carbons (Fsp3) is 0.417. The molecule has 2 fully saturated rings. The van der Waals surface area contributed by atoms with Crippen LogP contribution in [0.4, 0.5) is 10.5 Å². The van der Waals surface area contributed by atoms with Crippen molar-refractivity contribution in [2.45, 2.75) is 25.4 Å². The van der Waals surface area contributed by atoms with E-state index in [9.17, 15) is 9.59 Å². The minimum Gasteiger partial charge on any atom is -0.497 e. The molecule has 0 aliphatic carbocycles. The van der Waals surface area contributed by atoms with Crippen molar-refractivity contribution < 1.29 is 14.3 Å². The number of benzene rings is 2. The standard InChI is InChI=1S/C24H30N4O3/c1-31-22-9-7-21(8-10-22)28-16-15-27(24(28)30)18-23(29)25-20-11-13-26(14-12-20)17-19-5-3-2-4-6-19/h2-10,20H,11-18H2,1H3,(H,25,29). The third-order valence-electron chi connectivity index (χ3n) is 6.02. The van der Waals surface area contributed by atoms with Gasteiger partial charge in [-0.1, -0.05) is 30.3 Å². The minimum absolute atomic E-state index is 0.0774. The van der Waals surface area contributed by atoms with Gasteiger partial charge in [-0.05, 0) is 42.7 Å². The van der Waals surface area contributed by atoms with Crippen molar-refractivity contribution in [1.29, 1.82) is 0 Å². The van der Waals surface area contributed by atoms with E-state index in [4.69, 9.17) is 4.74 Å². The van der Waals surface area contributed by atoms with Crippen LogP contribution in [-0.2, 0) is 11.3 Å². The smallest absolute Gasteiger partial charge is 0.325 e. The van der Waals surface area contributed by atoms with Gasteiger partial charge in [-0.3, -0.25) is 14.6 Å². The first-order valence-electron chi connectivity index (χ1n) is 10.9. The number of ether oxygens (including phenoxy) is 1. The zero-order valence-corrected chi connectivity index (χ0v) is 18.0. The number of anilines is 1. The van der Waals surface area contributed by atoms with Gasteiger partial charge in [0.1, 0.15) is 12.3 Å². The zero-order chi connectivity index (χ0) is 21.6. The lowest BCUT2D eigenvalue weighted by Crippen LogP contribution is -2.47. The van der Waals surface area contributed by atoms with Gasteiger partial charge in [-0.25, -0.2) is 4.79 Å². The fourth-order valence-electron chi connectivity index (χ4n) is 4.25. The number of piperidine rings is 1. The molecule has 2 heterocycles. The minimum atomic E-state index is -0.127. The molecule has 2 aliphatic rings. The van der Waals surface area contributed by atoms with E-state index in [2.05, 4.69) is 34.5 Å². The van der Waals surface area contributed by atoms with Crippen molar-refractivity contribution in [2.75, 3.05) is 44.7 Å². The van der Waals surface area contributed by atoms with E-state index < -0.39 is 0 Å². The monoisotopic (exact) mass is 422 g/mol. The van der Waals surface area contributed by atoms with E-state index in [0.717, 1.165) is 43.9 Å². The molecule has 0 aromatic heterocycles. The second-order valence-electron chi connectivity index (χ2n) is 8.16. The molecule has 2 aromatic rings. The highest BCUT2D eigenvalue weighted by Crippen LogP contribution is 2.23. The van der Waals surface area contributed by atoms with Crippen LogP contribution in [0.5, 0.6) is 5.75 Å². The van der Waals surface area contributed by atoms with Crippen molar-refractivity contribution in [3.05, 3.63) is 60.2 Å². The van der Waals surface area contributed by atoms with Crippen LogP contribution in [0.15, 0.2) is 54.6 Å². The largest absolute Gasteiger partial charge is 0.497 e. The van der Waals surface area contributed by atoms with E-state index in [1.807, 2.05) is 30.3 Å². The van der Waals surface area contributed by atoms with E-state index in [1.165, 1.54) is 5.56 Å². The predicted octanol–water partition coefficient (Wildman–Crippen LogP) is 2.72. The summed E-state index contributed by atoms with van der Waals surface area (Å²) in [5.41, 5.74) is 2.14. The number of nitrogens with zero attached hydrogens (tertiary/aromatic N) is 3. The highest BCUT2D eigenvalue weighted by atomic mass is 16.5. The van der Waals surface area contributed by atoms with Crippen molar-refractivity contribution in [1.82, 2.24) is 15.1 Å². The molecule has 164 valence electrons. The number of carbonyl (C=O) groups is 2. The number of methoxy groups -OCH3 is 1. The van der Waals surface area contributed by atoms with Gasteiger partial charge < -0.3 is 15.0 Å². The molecular weight excluding hydrogens is 392 g/mol. The van der Waals surface area contributed by atoms with E-state index in [0.29, 0.717) is 13.1 Å². The summed E-state index contributed by atoms with van der Waals surface area (Å²) in [5, 5.41) is 3.13. The summed E-state index contributed by atoms with van der Waals surface area (Å²) in [6, 6.07) is 17.9. The average Bonchev–Trinajstić information content (AvgIpc) is 3.16. The Bertz CT molecular complexity index is 879. The van der Waals surface area contributed by atoms with Crippen LogP contribution in [0.1, 0.15) is 18.4 Å². The molecular formula is C24H30N4O3. The SMILES string of the molecule is COc1ccc(N2CCN(CC(=O)NC3CCN(Cc4ccccc4)CC3)C2=O)cc1.